The number of ether oxygens (including phenoxy) is 2. The van der Waals surface area contributed by atoms with E-state index in [0.717, 1.165) is 5.56 Å². The van der Waals surface area contributed by atoms with E-state index < -0.39 is 5.82 Å². The third kappa shape index (κ3) is 3.96. The summed E-state index contributed by atoms with van der Waals surface area (Å²) >= 11 is 0. The first kappa shape index (κ1) is 13.9. The molecule has 0 radical (unpaired) electrons. The SMILES string of the molecule is COc1ccc(C(COC(C)C)NN)cc1F. The fraction of sp³-hybridized carbons (Fsp3) is 0.500. The lowest BCUT2D eigenvalue weighted by atomic mass is 10.1. The van der Waals surface area contributed by atoms with Gasteiger partial charge in [0.25, 0.3) is 0 Å². The van der Waals surface area contributed by atoms with Gasteiger partial charge in [-0.3, -0.25) is 11.3 Å². The van der Waals surface area contributed by atoms with E-state index in [0.29, 0.717) is 6.61 Å². The van der Waals surface area contributed by atoms with E-state index in [4.69, 9.17) is 15.3 Å². The van der Waals surface area contributed by atoms with Crippen molar-refractivity contribution in [1.29, 1.82) is 0 Å². The van der Waals surface area contributed by atoms with Crippen molar-refractivity contribution in [1.82, 2.24) is 5.43 Å². The highest BCUT2D eigenvalue weighted by Gasteiger charge is 2.13. The number of hydrogen-bond donors (Lipinski definition) is 2. The van der Waals surface area contributed by atoms with Crippen LogP contribution >= 0.6 is 0 Å². The van der Waals surface area contributed by atoms with E-state index in [9.17, 15) is 4.39 Å². The number of hydrazine groups is 1. The summed E-state index contributed by atoms with van der Waals surface area (Å²) in [6.07, 6.45) is 0.106. The molecular weight excluding hydrogens is 223 g/mol. The molecule has 0 saturated carbocycles. The van der Waals surface area contributed by atoms with Crippen molar-refractivity contribution in [3.63, 3.8) is 0 Å². The lowest BCUT2D eigenvalue weighted by molar-refractivity contribution is 0.0611. The van der Waals surface area contributed by atoms with Gasteiger partial charge in [-0.05, 0) is 31.5 Å². The van der Waals surface area contributed by atoms with Gasteiger partial charge in [0.2, 0.25) is 0 Å². The Morgan fingerprint density at radius 3 is 2.59 bits per heavy atom. The quantitative estimate of drug-likeness (QED) is 0.589. The van der Waals surface area contributed by atoms with Crippen LogP contribution in [0.3, 0.4) is 0 Å². The first-order valence-electron chi connectivity index (χ1n) is 5.49. The van der Waals surface area contributed by atoms with E-state index in [1.165, 1.54) is 13.2 Å². The number of benzene rings is 1. The Morgan fingerprint density at radius 1 is 1.41 bits per heavy atom. The van der Waals surface area contributed by atoms with Gasteiger partial charge in [-0.15, -0.1) is 0 Å². The van der Waals surface area contributed by atoms with E-state index in [2.05, 4.69) is 5.43 Å². The molecule has 0 spiro atoms. The summed E-state index contributed by atoms with van der Waals surface area (Å²) in [4.78, 5) is 0. The standard InChI is InChI=1S/C12H19FN2O2/c1-8(2)17-7-11(15-14)9-4-5-12(16-3)10(13)6-9/h4-6,8,11,15H,7,14H2,1-3H3. The maximum atomic E-state index is 13.5. The molecule has 3 N–H and O–H groups in total. The van der Waals surface area contributed by atoms with Crippen LogP contribution in [0.1, 0.15) is 25.5 Å². The van der Waals surface area contributed by atoms with E-state index in [1.807, 2.05) is 13.8 Å². The minimum Gasteiger partial charge on any atom is -0.494 e. The number of nitrogens with two attached hydrogens (primary N) is 1. The van der Waals surface area contributed by atoms with Crippen molar-refractivity contribution in [3.8, 4) is 5.75 Å². The van der Waals surface area contributed by atoms with Crippen molar-refractivity contribution < 1.29 is 13.9 Å². The van der Waals surface area contributed by atoms with Crippen LogP contribution in [0.2, 0.25) is 0 Å². The van der Waals surface area contributed by atoms with Crippen LogP contribution in [0.15, 0.2) is 18.2 Å². The summed E-state index contributed by atoms with van der Waals surface area (Å²) in [7, 11) is 1.43. The topological polar surface area (TPSA) is 56.5 Å². The molecule has 0 aliphatic carbocycles. The molecule has 0 aliphatic heterocycles. The Hall–Kier alpha value is -1.17. The fourth-order valence-corrected chi connectivity index (χ4v) is 1.43. The zero-order chi connectivity index (χ0) is 12.8. The Morgan fingerprint density at radius 2 is 2.12 bits per heavy atom. The molecule has 1 aromatic rings. The highest BCUT2D eigenvalue weighted by Crippen LogP contribution is 2.21. The van der Waals surface area contributed by atoms with Gasteiger partial charge >= 0.3 is 0 Å². The number of rotatable bonds is 6. The average Bonchev–Trinajstić information content (AvgIpc) is 2.29. The van der Waals surface area contributed by atoms with Crippen molar-refractivity contribution in [2.75, 3.05) is 13.7 Å². The van der Waals surface area contributed by atoms with Crippen LogP contribution in [-0.2, 0) is 4.74 Å². The second kappa shape index (κ2) is 6.54. The molecular formula is C12H19FN2O2. The molecule has 4 nitrogen and oxygen atoms in total. The third-order valence-corrected chi connectivity index (χ3v) is 2.38. The molecule has 1 rings (SSSR count). The summed E-state index contributed by atoms with van der Waals surface area (Å²) < 4.78 is 23.8. The maximum absolute atomic E-state index is 13.5. The summed E-state index contributed by atoms with van der Waals surface area (Å²) in [5.74, 6) is 5.24. The van der Waals surface area contributed by atoms with E-state index in [-0.39, 0.29) is 17.9 Å². The minimum absolute atomic E-state index is 0.106. The summed E-state index contributed by atoms with van der Waals surface area (Å²) in [5.41, 5.74) is 3.33. The molecule has 0 heterocycles. The predicted molar refractivity (Wildman–Crippen MR) is 64.1 cm³/mol. The molecule has 5 heteroatoms. The predicted octanol–water partition coefficient (Wildman–Crippen LogP) is 1.76. The molecule has 0 bridgehead atoms. The molecule has 0 aliphatic rings. The normalized spacial score (nSPS) is 12.8. The average molecular weight is 242 g/mol. The summed E-state index contributed by atoms with van der Waals surface area (Å²) in [6, 6.07) is 4.49. The summed E-state index contributed by atoms with van der Waals surface area (Å²) in [6.45, 7) is 4.25. The van der Waals surface area contributed by atoms with Gasteiger partial charge < -0.3 is 9.47 Å². The molecule has 1 unspecified atom stereocenters. The van der Waals surface area contributed by atoms with Crippen molar-refractivity contribution >= 4 is 0 Å². The van der Waals surface area contributed by atoms with Gasteiger partial charge in [0.1, 0.15) is 0 Å². The van der Waals surface area contributed by atoms with Crippen LogP contribution in [0.25, 0.3) is 0 Å². The van der Waals surface area contributed by atoms with Gasteiger partial charge in [-0.25, -0.2) is 4.39 Å². The number of halogens is 1. The molecule has 0 aromatic heterocycles. The lowest BCUT2D eigenvalue weighted by Crippen LogP contribution is -2.32. The Kier molecular flexibility index (Phi) is 5.34. The van der Waals surface area contributed by atoms with Crippen LogP contribution in [0.5, 0.6) is 5.75 Å². The van der Waals surface area contributed by atoms with Gasteiger partial charge in [-0.1, -0.05) is 6.07 Å². The molecule has 96 valence electrons. The number of nitrogens with one attached hydrogen (secondary N) is 1. The second-order valence-corrected chi connectivity index (χ2v) is 4.00. The largest absolute Gasteiger partial charge is 0.494 e. The molecule has 0 amide bonds. The summed E-state index contributed by atoms with van der Waals surface area (Å²) in [5, 5.41) is 0. The van der Waals surface area contributed by atoms with E-state index in [1.54, 1.807) is 12.1 Å². The molecule has 1 atom stereocenters. The van der Waals surface area contributed by atoms with Crippen molar-refractivity contribution in [2.45, 2.75) is 26.0 Å². The first-order valence-corrected chi connectivity index (χ1v) is 5.49. The van der Waals surface area contributed by atoms with Gasteiger partial charge in [0, 0.05) is 0 Å². The van der Waals surface area contributed by atoms with Crippen LogP contribution < -0.4 is 16.0 Å². The Balaban J connectivity index is 2.78. The fourth-order valence-electron chi connectivity index (χ4n) is 1.43. The highest BCUT2D eigenvalue weighted by atomic mass is 19.1. The van der Waals surface area contributed by atoms with Crippen LogP contribution in [-0.4, -0.2) is 19.8 Å². The maximum Gasteiger partial charge on any atom is 0.165 e. The Labute approximate surface area is 101 Å². The zero-order valence-electron chi connectivity index (χ0n) is 10.4. The lowest BCUT2D eigenvalue weighted by Gasteiger charge is -2.18. The highest BCUT2D eigenvalue weighted by molar-refractivity contribution is 5.31. The molecule has 0 fully saturated rings. The number of methoxy groups -OCH3 is 1. The van der Waals surface area contributed by atoms with Gasteiger partial charge in [0.15, 0.2) is 11.6 Å². The monoisotopic (exact) mass is 242 g/mol. The molecule has 0 saturated heterocycles. The van der Waals surface area contributed by atoms with Gasteiger partial charge in [-0.2, -0.15) is 0 Å². The van der Waals surface area contributed by atoms with Crippen LogP contribution in [0.4, 0.5) is 4.39 Å². The first-order chi connectivity index (χ1) is 8.08. The minimum atomic E-state index is -0.408. The number of hydrogen-bond acceptors (Lipinski definition) is 4. The van der Waals surface area contributed by atoms with Crippen molar-refractivity contribution in [2.24, 2.45) is 5.84 Å². The van der Waals surface area contributed by atoms with Crippen molar-refractivity contribution in [3.05, 3.63) is 29.6 Å². The zero-order valence-corrected chi connectivity index (χ0v) is 10.4. The van der Waals surface area contributed by atoms with Crippen LogP contribution in [0, 0.1) is 5.82 Å². The van der Waals surface area contributed by atoms with Gasteiger partial charge in [0.05, 0.1) is 25.9 Å². The third-order valence-electron chi connectivity index (χ3n) is 2.38. The Bertz CT molecular complexity index is 358. The second-order valence-electron chi connectivity index (χ2n) is 4.00. The van der Waals surface area contributed by atoms with E-state index >= 15 is 0 Å². The smallest absolute Gasteiger partial charge is 0.165 e. The molecule has 1 aromatic carbocycles. The molecule has 17 heavy (non-hydrogen) atoms.